The van der Waals surface area contributed by atoms with Gasteiger partial charge in [0.2, 0.25) is 0 Å². The lowest BCUT2D eigenvalue weighted by molar-refractivity contribution is -0.168. The van der Waals surface area contributed by atoms with Gasteiger partial charge in [0, 0.05) is 6.04 Å². The first-order valence-corrected chi connectivity index (χ1v) is 7.10. The van der Waals surface area contributed by atoms with E-state index in [0.29, 0.717) is 5.92 Å². The number of nitrogens with two attached hydrogens (primary N) is 1. The van der Waals surface area contributed by atoms with E-state index in [2.05, 4.69) is 12.3 Å². The number of hydrogen-bond donors (Lipinski definition) is 2. The Bertz CT molecular complexity index is 279. The van der Waals surface area contributed by atoms with Gasteiger partial charge in [-0.3, -0.25) is 11.3 Å². The summed E-state index contributed by atoms with van der Waals surface area (Å²) in [6.45, 7) is 0.782. The topological polar surface area (TPSA) is 47.3 Å². The van der Waals surface area contributed by atoms with Gasteiger partial charge in [-0.25, -0.2) is 8.78 Å². The molecule has 0 heterocycles. The second kappa shape index (κ2) is 8.14. The van der Waals surface area contributed by atoms with E-state index in [0.717, 1.165) is 25.7 Å². The highest BCUT2D eigenvalue weighted by atomic mass is 19.3. The van der Waals surface area contributed by atoms with Crippen LogP contribution < -0.4 is 11.3 Å². The van der Waals surface area contributed by atoms with Gasteiger partial charge in [-0.2, -0.15) is 8.78 Å². The van der Waals surface area contributed by atoms with Crippen molar-refractivity contribution in [2.24, 2.45) is 17.7 Å². The Labute approximate surface area is 117 Å². The minimum atomic E-state index is -4.10. The van der Waals surface area contributed by atoms with E-state index in [4.69, 9.17) is 10.6 Å². The molecule has 1 aliphatic carbocycles. The largest absolute Gasteiger partial charge is 0.373 e. The molecule has 0 aromatic heterocycles. The predicted molar refractivity (Wildman–Crippen MR) is 68.6 cm³/mol. The van der Waals surface area contributed by atoms with Gasteiger partial charge in [0.05, 0.1) is 6.61 Å². The zero-order valence-corrected chi connectivity index (χ0v) is 11.8. The smallest absolute Gasteiger partial charge is 0.330 e. The Kier molecular flexibility index (Phi) is 7.19. The SMILES string of the molecule is CCC1CCCC(C(COCC(F)(F)C(F)F)NN)C1. The average molecular weight is 300 g/mol. The first-order valence-electron chi connectivity index (χ1n) is 7.10. The Morgan fingerprint density at radius 2 is 2.05 bits per heavy atom. The van der Waals surface area contributed by atoms with Crippen molar-refractivity contribution >= 4 is 0 Å². The van der Waals surface area contributed by atoms with Crippen LogP contribution in [0.25, 0.3) is 0 Å². The first-order chi connectivity index (χ1) is 9.40. The van der Waals surface area contributed by atoms with E-state index in [1.807, 2.05) is 0 Å². The number of alkyl halides is 4. The number of rotatable bonds is 8. The Morgan fingerprint density at radius 3 is 2.60 bits per heavy atom. The maximum Gasteiger partial charge on any atom is 0.330 e. The second-order valence-corrected chi connectivity index (χ2v) is 5.55. The van der Waals surface area contributed by atoms with Crippen molar-refractivity contribution in [3.63, 3.8) is 0 Å². The third-order valence-corrected chi connectivity index (χ3v) is 4.10. The van der Waals surface area contributed by atoms with Gasteiger partial charge in [0.1, 0.15) is 6.61 Å². The van der Waals surface area contributed by atoms with Crippen molar-refractivity contribution in [1.29, 1.82) is 0 Å². The highest BCUT2D eigenvalue weighted by Crippen LogP contribution is 2.33. The number of nitrogens with one attached hydrogen (secondary N) is 1. The van der Waals surface area contributed by atoms with E-state index in [-0.39, 0.29) is 18.6 Å². The normalized spacial score (nSPS) is 25.9. The molecule has 3 nitrogen and oxygen atoms in total. The third-order valence-electron chi connectivity index (χ3n) is 4.10. The lowest BCUT2D eigenvalue weighted by Crippen LogP contribution is -2.46. The van der Waals surface area contributed by atoms with Crippen LogP contribution in [0.1, 0.15) is 39.0 Å². The lowest BCUT2D eigenvalue weighted by atomic mass is 9.77. The summed E-state index contributed by atoms with van der Waals surface area (Å²) in [5, 5.41) is 0. The molecule has 0 spiro atoms. The van der Waals surface area contributed by atoms with Crippen LogP contribution >= 0.6 is 0 Å². The van der Waals surface area contributed by atoms with E-state index < -0.39 is 19.0 Å². The van der Waals surface area contributed by atoms with Crippen molar-refractivity contribution in [2.45, 2.75) is 57.4 Å². The van der Waals surface area contributed by atoms with E-state index in [1.165, 1.54) is 6.42 Å². The monoisotopic (exact) mass is 300 g/mol. The van der Waals surface area contributed by atoms with Crippen LogP contribution in [0.15, 0.2) is 0 Å². The van der Waals surface area contributed by atoms with Crippen molar-refractivity contribution in [1.82, 2.24) is 5.43 Å². The average Bonchev–Trinajstić information content (AvgIpc) is 2.43. The summed E-state index contributed by atoms with van der Waals surface area (Å²) in [5.74, 6) is 2.20. The van der Waals surface area contributed by atoms with Crippen molar-refractivity contribution in [3.8, 4) is 0 Å². The number of hydrazine groups is 1. The van der Waals surface area contributed by atoms with Gasteiger partial charge in [-0.05, 0) is 24.7 Å². The van der Waals surface area contributed by atoms with E-state index in [9.17, 15) is 17.6 Å². The molecule has 1 rings (SSSR count). The zero-order valence-electron chi connectivity index (χ0n) is 11.8. The Balaban J connectivity index is 2.39. The molecule has 0 amide bonds. The molecule has 0 bridgehead atoms. The summed E-state index contributed by atoms with van der Waals surface area (Å²) in [6, 6.07) is -0.266. The minimum absolute atomic E-state index is 0.0695. The lowest BCUT2D eigenvalue weighted by Gasteiger charge is -2.34. The first kappa shape index (κ1) is 17.7. The molecular weight excluding hydrogens is 276 g/mol. The van der Waals surface area contributed by atoms with Crippen LogP contribution in [0, 0.1) is 11.8 Å². The maximum atomic E-state index is 12.7. The molecule has 1 fully saturated rings. The van der Waals surface area contributed by atoms with Gasteiger partial charge in [0.15, 0.2) is 0 Å². The number of ether oxygens (including phenoxy) is 1. The highest BCUT2D eigenvalue weighted by molar-refractivity contribution is 4.81. The highest BCUT2D eigenvalue weighted by Gasteiger charge is 2.41. The molecule has 120 valence electrons. The van der Waals surface area contributed by atoms with Crippen molar-refractivity contribution < 1.29 is 22.3 Å². The molecule has 7 heteroatoms. The Morgan fingerprint density at radius 1 is 1.35 bits per heavy atom. The van der Waals surface area contributed by atoms with Gasteiger partial charge in [0.25, 0.3) is 0 Å². The van der Waals surface area contributed by atoms with Crippen molar-refractivity contribution in [2.75, 3.05) is 13.2 Å². The molecule has 20 heavy (non-hydrogen) atoms. The van der Waals surface area contributed by atoms with Gasteiger partial charge in [-0.15, -0.1) is 0 Å². The standard InChI is InChI=1S/C13H24F4N2O/c1-2-9-4-3-5-10(6-9)11(19-18)7-20-8-13(16,17)12(14)15/h9-12,19H,2-8,18H2,1H3. The summed E-state index contributed by atoms with van der Waals surface area (Å²) in [5.41, 5.74) is 2.57. The number of hydrogen-bond acceptors (Lipinski definition) is 3. The molecule has 1 saturated carbocycles. The van der Waals surface area contributed by atoms with Crippen LogP contribution in [0.4, 0.5) is 17.6 Å². The molecule has 1 aliphatic rings. The van der Waals surface area contributed by atoms with E-state index >= 15 is 0 Å². The third kappa shape index (κ3) is 5.18. The summed E-state index contributed by atoms with van der Waals surface area (Å²) >= 11 is 0. The molecule has 0 aliphatic heterocycles. The summed E-state index contributed by atoms with van der Waals surface area (Å²) in [4.78, 5) is 0. The van der Waals surface area contributed by atoms with Crippen LogP contribution in [-0.4, -0.2) is 31.6 Å². The van der Waals surface area contributed by atoms with Gasteiger partial charge >= 0.3 is 12.3 Å². The fourth-order valence-corrected chi connectivity index (χ4v) is 2.77. The summed E-state index contributed by atoms with van der Waals surface area (Å²) in [6.07, 6.45) is 1.56. The van der Waals surface area contributed by atoms with Crippen LogP contribution in [-0.2, 0) is 4.74 Å². The fourth-order valence-electron chi connectivity index (χ4n) is 2.77. The maximum absolute atomic E-state index is 12.7. The zero-order chi connectivity index (χ0) is 15.2. The molecule has 0 aromatic rings. The molecule has 0 saturated heterocycles. The second-order valence-electron chi connectivity index (χ2n) is 5.55. The minimum Gasteiger partial charge on any atom is -0.373 e. The van der Waals surface area contributed by atoms with Crippen LogP contribution in [0.5, 0.6) is 0 Å². The molecule has 0 aromatic carbocycles. The fraction of sp³-hybridized carbons (Fsp3) is 1.00. The summed E-state index contributed by atoms with van der Waals surface area (Å²) in [7, 11) is 0. The molecule has 3 unspecified atom stereocenters. The van der Waals surface area contributed by atoms with Crippen LogP contribution in [0.3, 0.4) is 0 Å². The van der Waals surface area contributed by atoms with E-state index in [1.54, 1.807) is 0 Å². The Hall–Kier alpha value is -0.400. The quantitative estimate of drug-likeness (QED) is 0.411. The molecule has 3 N–H and O–H groups in total. The predicted octanol–water partition coefficient (Wildman–Crippen LogP) is 2.95. The van der Waals surface area contributed by atoms with Gasteiger partial charge < -0.3 is 4.74 Å². The molecule has 0 radical (unpaired) electrons. The molecular formula is C13H24F4N2O. The molecule has 3 atom stereocenters. The van der Waals surface area contributed by atoms with Gasteiger partial charge in [-0.1, -0.05) is 26.2 Å². The van der Waals surface area contributed by atoms with Crippen molar-refractivity contribution in [3.05, 3.63) is 0 Å². The number of halogens is 4. The van der Waals surface area contributed by atoms with Crippen LogP contribution in [0.2, 0.25) is 0 Å². The summed E-state index contributed by atoms with van der Waals surface area (Å²) < 4.78 is 54.2.